The van der Waals surface area contributed by atoms with Gasteiger partial charge in [-0.3, -0.25) is 9.48 Å². The summed E-state index contributed by atoms with van der Waals surface area (Å²) in [4.78, 5) is 19.0. The second-order valence-electron chi connectivity index (χ2n) is 7.60. The molecule has 1 aliphatic heterocycles. The molecule has 1 aliphatic rings. The first-order chi connectivity index (χ1) is 15.0. The quantitative estimate of drug-likeness (QED) is 0.522. The van der Waals surface area contributed by atoms with Crippen molar-refractivity contribution in [3.05, 3.63) is 40.5 Å². The van der Waals surface area contributed by atoms with Crippen LogP contribution >= 0.6 is 11.3 Å². The Morgan fingerprint density at radius 3 is 2.77 bits per heavy atom. The van der Waals surface area contributed by atoms with Gasteiger partial charge in [0.05, 0.1) is 28.6 Å². The number of aryl methyl sites for hydroxylation is 1. The van der Waals surface area contributed by atoms with Crippen molar-refractivity contribution < 1.29 is 4.79 Å². The first-order valence-electron chi connectivity index (χ1n) is 10.0. The van der Waals surface area contributed by atoms with Crippen molar-refractivity contribution in [3.8, 4) is 17.2 Å². The van der Waals surface area contributed by atoms with E-state index in [0.717, 1.165) is 37.3 Å². The number of nitrogen functional groups attached to an aromatic ring is 1. The smallest absolute Gasteiger partial charge is 0.275 e. The molecule has 3 aromatic rings. The summed E-state index contributed by atoms with van der Waals surface area (Å²) in [6, 6.07) is 5.46. The molecule has 31 heavy (non-hydrogen) atoms. The largest absolute Gasteiger partial charge is 0.398 e. The van der Waals surface area contributed by atoms with Gasteiger partial charge in [0.25, 0.3) is 5.91 Å². The lowest BCUT2D eigenvalue weighted by molar-refractivity contribution is 0.102. The van der Waals surface area contributed by atoms with Crippen LogP contribution in [0.1, 0.15) is 28.9 Å². The molecule has 2 aromatic heterocycles. The Labute approximate surface area is 184 Å². The third-order valence-electron chi connectivity index (χ3n) is 5.67. The number of anilines is 3. The summed E-state index contributed by atoms with van der Waals surface area (Å²) in [7, 11) is 1.89. The lowest BCUT2D eigenvalue weighted by Gasteiger charge is -2.33. The molecular formula is C21H24N8OS. The number of carbonyl (C=O) groups is 1. The van der Waals surface area contributed by atoms with Crippen LogP contribution in [0.15, 0.2) is 29.2 Å². The van der Waals surface area contributed by atoms with Crippen LogP contribution in [0, 0.1) is 17.2 Å². The van der Waals surface area contributed by atoms with Crippen LogP contribution in [0.2, 0.25) is 0 Å². The molecule has 0 radical (unpaired) electrons. The molecule has 1 aromatic carbocycles. The number of piperidine rings is 1. The molecule has 0 aliphatic carbocycles. The molecule has 0 atom stereocenters. The Balaban J connectivity index is 1.76. The van der Waals surface area contributed by atoms with E-state index in [1.807, 2.05) is 11.7 Å². The fourth-order valence-electron chi connectivity index (χ4n) is 3.93. The monoisotopic (exact) mass is 436 g/mol. The van der Waals surface area contributed by atoms with E-state index in [-0.39, 0.29) is 5.91 Å². The lowest BCUT2D eigenvalue weighted by Crippen LogP contribution is -2.37. The Hall–Kier alpha value is -3.42. The van der Waals surface area contributed by atoms with E-state index in [9.17, 15) is 10.1 Å². The van der Waals surface area contributed by atoms with Crippen molar-refractivity contribution in [2.24, 2.45) is 18.7 Å². The molecule has 1 saturated heterocycles. The number of nitrogens with zero attached hydrogens (tertiary/aromatic N) is 5. The molecular weight excluding hydrogens is 412 g/mol. The number of aromatic nitrogens is 3. The second kappa shape index (κ2) is 8.75. The number of thiazole rings is 1. The summed E-state index contributed by atoms with van der Waals surface area (Å²) in [5.41, 5.74) is 16.5. The minimum atomic E-state index is -0.333. The fraction of sp³-hybridized carbons (Fsp3) is 0.333. The van der Waals surface area contributed by atoms with E-state index in [2.05, 4.69) is 26.4 Å². The lowest BCUT2D eigenvalue weighted by atomic mass is 9.96. The third kappa shape index (κ3) is 4.10. The standard InChI is InChI=1S/C21H24N8OS/c1-28-21(29-4-2-13(8-22)3-5-29)16(10-26-28)15-6-14(9-23)17(24)7-18(15)27-20(30)19-11-31-12-25-19/h6-7,10-13H,2-5,8,22,24H2,1H3,(H,27,30). The Kier molecular flexibility index (Phi) is 5.88. The molecule has 1 fully saturated rings. The molecule has 5 N–H and O–H groups in total. The zero-order valence-corrected chi connectivity index (χ0v) is 18.0. The van der Waals surface area contributed by atoms with E-state index >= 15 is 0 Å². The van der Waals surface area contributed by atoms with Crippen LogP contribution < -0.4 is 21.7 Å². The first kappa shape index (κ1) is 20.8. The van der Waals surface area contributed by atoms with E-state index < -0.39 is 0 Å². The van der Waals surface area contributed by atoms with Crippen LogP contribution in [-0.4, -0.2) is 40.3 Å². The maximum absolute atomic E-state index is 12.7. The van der Waals surface area contributed by atoms with E-state index in [1.54, 1.807) is 29.2 Å². The van der Waals surface area contributed by atoms with Crippen molar-refractivity contribution in [1.82, 2.24) is 14.8 Å². The number of hydrogen-bond acceptors (Lipinski definition) is 8. The van der Waals surface area contributed by atoms with E-state index in [0.29, 0.717) is 40.7 Å². The summed E-state index contributed by atoms with van der Waals surface area (Å²) in [5.74, 6) is 1.14. The Morgan fingerprint density at radius 1 is 1.35 bits per heavy atom. The van der Waals surface area contributed by atoms with Gasteiger partial charge in [-0.25, -0.2) is 4.98 Å². The van der Waals surface area contributed by atoms with Gasteiger partial charge in [0.15, 0.2) is 0 Å². The first-order valence-corrected chi connectivity index (χ1v) is 11.0. The van der Waals surface area contributed by atoms with Crippen molar-refractivity contribution in [3.63, 3.8) is 0 Å². The highest BCUT2D eigenvalue weighted by molar-refractivity contribution is 7.07. The van der Waals surface area contributed by atoms with Gasteiger partial charge in [-0.15, -0.1) is 11.3 Å². The predicted molar refractivity (Wildman–Crippen MR) is 122 cm³/mol. The summed E-state index contributed by atoms with van der Waals surface area (Å²) in [6.07, 6.45) is 3.79. The third-order valence-corrected chi connectivity index (χ3v) is 6.25. The van der Waals surface area contributed by atoms with Crippen LogP contribution in [-0.2, 0) is 7.05 Å². The average molecular weight is 437 g/mol. The molecule has 4 rings (SSSR count). The van der Waals surface area contributed by atoms with E-state index in [1.165, 1.54) is 11.3 Å². The number of carbonyl (C=O) groups excluding carboxylic acids is 1. The highest BCUT2D eigenvalue weighted by Crippen LogP contribution is 2.39. The van der Waals surface area contributed by atoms with Crippen LogP contribution in [0.3, 0.4) is 0 Å². The maximum atomic E-state index is 12.7. The number of nitrogens with two attached hydrogens (primary N) is 2. The topological polar surface area (TPSA) is 139 Å². The second-order valence-corrected chi connectivity index (χ2v) is 8.31. The molecule has 1 amide bonds. The number of hydrogen-bond donors (Lipinski definition) is 3. The van der Waals surface area contributed by atoms with Crippen molar-refractivity contribution in [2.45, 2.75) is 12.8 Å². The molecule has 160 valence electrons. The predicted octanol–water partition coefficient (Wildman–Crippen LogP) is 2.42. The van der Waals surface area contributed by atoms with Crippen molar-refractivity contribution in [1.29, 1.82) is 5.26 Å². The zero-order chi connectivity index (χ0) is 22.0. The number of rotatable bonds is 5. The summed E-state index contributed by atoms with van der Waals surface area (Å²) >= 11 is 1.35. The average Bonchev–Trinajstić information content (AvgIpc) is 3.44. The van der Waals surface area contributed by atoms with Gasteiger partial charge in [-0.2, -0.15) is 10.4 Å². The molecule has 0 unspecified atom stereocenters. The van der Waals surface area contributed by atoms with Crippen LogP contribution in [0.4, 0.5) is 17.2 Å². The highest BCUT2D eigenvalue weighted by atomic mass is 32.1. The molecule has 0 spiro atoms. The minimum Gasteiger partial charge on any atom is -0.398 e. The molecule has 10 heteroatoms. The molecule has 0 bridgehead atoms. The molecule has 9 nitrogen and oxygen atoms in total. The molecule has 0 saturated carbocycles. The van der Waals surface area contributed by atoms with Gasteiger partial charge in [0.1, 0.15) is 17.6 Å². The highest BCUT2D eigenvalue weighted by Gasteiger charge is 2.25. The van der Waals surface area contributed by atoms with Gasteiger partial charge < -0.3 is 21.7 Å². The number of benzene rings is 1. The van der Waals surface area contributed by atoms with Gasteiger partial charge in [0.2, 0.25) is 0 Å². The normalized spacial score (nSPS) is 14.4. The summed E-state index contributed by atoms with van der Waals surface area (Å²) in [6.45, 7) is 2.44. The van der Waals surface area contributed by atoms with Crippen LogP contribution in [0.5, 0.6) is 0 Å². The Morgan fingerprint density at radius 2 is 2.13 bits per heavy atom. The van der Waals surface area contributed by atoms with Crippen LogP contribution in [0.25, 0.3) is 11.1 Å². The summed E-state index contributed by atoms with van der Waals surface area (Å²) < 4.78 is 1.83. The van der Waals surface area contributed by atoms with Gasteiger partial charge in [-0.05, 0) is 37.4 Å². The van der Waals surface area contributed by atoms with Gasteiger partial charge in [-0.1, -0.05) is 0 Å². The summed E-state index contributed by atoms with van der Waals surface area (Å²) in [5, 5.41) is 18.6. The maximum Gasteiger partial charge on any atom is 0.275 e. The van der Waals surface area contributed by atoms with Gasteiger partial charge >= 0.3 is 0 Å². The van der Waals surface area contributed by atoms with E-state index in [4.69, 9.17) is 11.5 Å². The Bertz CT molecular complexity index is 1120. The number of amides is 1. The van der Waals surface area contributed by atoms with Crippen molar-refractivity contribution in [2.75, 3.05) is 35.6 Å². The fourth-order valence-corrected chi connectivity index (χ4v) is 4.46. The molecule has 3 heterocycles. The zero-order valence-electron chi connectivity index (χ0n) is 17.2. The number of nitriles is 1. The van der Waals surface area contributed by atoms with Gasteiger partial charge in [0, 0.05) is 36.6 Å². The minimum absolute atomic E-state index is 0.300. The SMILES string of the molecule is Cn1ncc(-c2cc(C#N)c(N)cc2NC(=O)c2cscn2)c1N1CCC(CN)CC1. The number of nitrogens with one attached hydrogen (secondary N) is 1. The van der Waals surface area contributed by atoms with Crippen molar-refractivity contribution >= 4 is 34.4 Å².